The highest BCUT2D eigenvalue weighted by Gasteiger charge is 2.17. The third kappa shape index (κ3) is 3.40. The van der Waals surface area contributed by atoms with Crippen LogP contribution < -0.4 is 10.6 Å². The quantitative estimate of drug-likeness (QED) is 0.810. The van der Waals surface area contributed by atoms with E-state index in [2.05, 4.69) is 29.0 Å². The average Bonchev–Trinajstić information content (AvgIpc) is 2.54. The van der Waals surface area contributed by atoms with Crippen molar-refractivity contribution >= 4 is 23.4 Å². The van der Waals surface area contributed by atoms with E-state index in [1.54, 1.807) is 11.8 Å². The SMILES string of the molecule is CSc1ccccc1NC1CCCNC(=O)C1. The Balaban J connectivity index is 2.06. The van der Waals surface area contributed by atoms with Crippen molar-refractivity contribution in [1.29, 1.82) is 0 Å². The summed E-state index contributed by atoms with van der Waals surface area (Å²) >= 11 is 1.73. The summed E-state index contributed by atoms with van der Waals surface area (Å²) in [7, 11) is 0. The minimum atomic E-state index is 0.154. The standard InChI is InChI=1S/C13H18N2OS/c1-17-12-7-3-2-6-11(12)15-10-5-4-8-14-13(16)9-10/h2-3,6-7,10,15H,4-5,8-9H2,1H3,(H,14,16). The van der Waals surface area contributed by atoms with Crippen LogP contribution in [0.3, 0.4) is 0 Å². The molecule has 0 aromatic heterocycles. The minimum absolute atomic E-state index is 0.154. The van der Waals surface area contributed by atoms with Crippen LogP contribution in [-0.4, -0.2) is 24.7 Å². The predicted octanol–water partition coefficient (Wildman–Crippen LogP) is 2.49. The monoisotopic (exact) mass is 250 g/mol. The van der Waals surface area contributed by atoms with Gasteiger partial charge in [-0.05, 0) is 31.2 Å². The van der Waals surface area contributed by atoms with Crippen molar-refractivity contribution < 1.29 is 4.79 Å². The Morgan fingerprint density at radius 2 is 2.24 bits per heavy atom. The van der Waals surface area contributed by atoms with Gasteiger partial charge in [-0.1, -0.05) is 12.1 Å². The molecule has 0 radical (unpaired) electrons. The summed E-state index contributed by atoms with van der Waals surface area (Å²) in [5.41, 5.74) is 1.14. The van der Waals surface area contributed by atoms with Gasteiger partial charge in [0.1, 0.15) is 0 Å². The summed E-state index contributed by atoms with van der Waals surface area (Å²) in [5, 5.41) is 6.39. The molecule has 1 aromatic carbocycles. The summed E-state index contributed by atoms with van der Waals surface area (Å²) in [4.78, 5) is 12.7. The number of para-hydroxylation sites is 1. The Hall–Kier alpha value is -1.16. The van der Waals surface area contributed by atoms with Gasteiger partial charge in [-0.3, -0.25) is 4.79 Å². The fourth-order valence-corrected chi connectivity index (χ4v) is 2.64. The Labute approximate surface area is 106 Å². The molecule has 17 heavy (non-hydrogen) atoms. The zero-order valence-electron chi connectivity index (χ0n) is 10.0. The first-order chi connectivity index (χ1) is 8.29. The molecule has 1 fully saturated rings. The van der Waals surface area contributed by atoms with E-state index >= 15 is 0 Å². The van der Waals surface area contributed by atoms with E-state index in [1.807, 2.05) is 12.1 Å². The van der Waals surface area contributed by atoms with Crippen LogP contribution in [0.2, 0.25) is 0 Å². The van der Waals surface area contributed by atoms with Gasteiger partial charge in [0.05, 0.1) is 0 Å². The summed E-state index contributed by atoms with van der Waals surface area (Å²) in [6, 6.07) is 8.50. The fourth-order valence-electron chi connectivity index (χ4n) is 2.08. The first kappa shape index (κ1) is 12.3. The van der Waals surface area contributed by atoms with Crippen LogP contribution >= 0.6 is 11.8 Å². The van der Waals surface area contributed by atoms with Crippen LogP contribution in [0, 0.1) is 0 Å². The van der Waals surface area contributed by atoms with Gasteiger partial charge in [0, 0.05) is 29.6 Å². The summed E-state index contributed by atoms with van der Waals surface area (Å²) in [5.74, 6) is 0.154. The molecule has 1 saturated heterocycles. The number of carbonyl (C=O) groups excluding carboxylic acids is 1. The highest BCUT2D eigenvalue weighted by Crippen LogP contribution is 2.26. The number of hydrogen-bond acceptors (Lipinski definition) is 3. The van der Waals surface area contributed by atoms with Crippen LogP contribution in [0.4, 0.5) is 5.69 Å². The van der Waals surface area contributed by atoms with Gasteiger partial charge in [0.15, 0.2) is 0 Å². The molecule has 3 nitrogen and oxygen atoms in total. The molecular weight excluding hydrogens is 232 g/mol. The zero-order chi connectivity index (χ0) is 12.1. The molecule has 0 aliphatic carbocycles. The second-order valence-electron chi connectivity index (χ2n) is 4.24. The largest absolute Gasteiger partial charge is 0.381 e. The summed E-state index contributed by atoms with van der Waals surface area (Å²) in [6.07, 6.45) is 4.73. The van der Waals surface area contributed by atoms with Crippen LogP contribution in [0.1, 0.15) is 19.3 Å². The maximum Gasteiger partial charge on any atom is 0.222 e. The highest BCUT2D eigenvalue weighted by atomic mass is 32.2. The molecule has 2 N–H and O–H groups in total. The second-order valence-corrected chi connectivity index (χ2v) is 5.09. The molecule has 1 aliphatic heterocycles. The Morgan fingerprint density at radius 3 is 3.06 bits per heavy atom. The van der Waals surface area contributed by atoms with E-state index in [1.165, 1.54) is 4.90 Å². The van der Waals surface area contributed by atoms with Crippen molar-refractivity contribution in [3.63, 3.8) is 0 Å². The van der Waals surface area contributed by atoms with Crippen molar-refractivity contribution in [3.05, 3.63) is 24.3 Å². The number of rotatable bonds is 3. The highest BCUT2D eigenvalue weighted by molar-refractivity contribution is 7.98. The van der Waals surface area contributed by atoms with Crippen LogP contribution in [0.5, 0.6) is 0 Å². The van der Waals surface area contributed by atoms with Gasteiger partial charge >= 0.3 is 0 Å². The molecular formula is C13H18N2OS. The Bertz CT molecular complexity index is 395. The minimum Gasteiger partial charge on any atom is -0.381 e. The number of hydrogen-bond donors (Lipinski definition) is 2. The summed E-state index contributed by atoms with van der Waals surface area (Å²) in [6.45, 7) is 0.807. The molecule has 4 heteroatoms. The lowest BCUT2D eigenvalue weighted by atomic mass is 10.1. The topological polar surface area (TPSA) is 41.1 Å². The van der Waals surface area contributed by atoms with E-state index in [0.29, 0.717) is 6.42 Å². The van der Waals surface area contributed by atoms with Gasteiger partial charge in [0.2, 0.25) is 5.91 Å². The smallest absolute Gasteiger partial charge is 0.222 e. The lowest BCUT2D eigenvalue weighted by Crippen LogP contribution is -2.26. The fraction of sp³-hybridized carbons (Fsp3) is 0.462. The van der Waals surface area contributed by atoms with Crippen molar-refractivity contribution in [1.82, 2.24) is 5.32 Å². The lowest BCUT2D eigenvalue weighted by molar-refractivity contribution is -0.120. The molecule has 1 aliphatic rings. The first-order valence-corrected chi connectivity index (χ1v) is 7.18. The molecule has 0 saturated carbocycles. The van der Waals surface area contributed by atoms with Crippen LogP contribution in [0.25, 0.3) is 0 Å². The van der Waals surface area contributed by atoms with E-state index in [0.717, 1.165) is 25.1 Å². The molecule has 0 bridgehead atoms. The maximum atomic E-state index is 11.5. The average molecular weight is 250 g/mol. The van der Waals surface area contributed by atoms with E-state index in [-0.39, 0.29) is 11.9 Å². The molecule has 1 atom stereocenters. The predicted molar refractivity (Wildman–Crippen MR) is 72.5 cm³/mol. The van der Waals surface area contributed by atoms with Crippen molar-refractivity contribution in [2.45, 2.75) is 30.2 Å². The van der Waals surface area contributed by atoms with E-state index in [4.69, 9.17) is 0 Å². The molecule has 2 rings (SSSR count). The van der Waals surface area contributed by atoms with Crippen LogP contribution in [-0.2, 0) is 4.79 Å². The van der Waals surface area contributed by atoms with Gasteiger partial charge in [-0.25, -0.2) is 0 Å². The van der Waals surface area contributed by atoms with Gasteiger partial charge < -0.3 is 10.6 Å². The number of amides is 1. The number of nitrogens with one attached hydrogen (secondary N) is 2. The molecule has 1 amide bonds. The lowest BCUT2D eigenvalue weighted by Gasteiger charge is -2.18. The third-order valence-corrected chi connectivity index (χ3v) is 3.75. The van der Waals surface area contributed by atoms with Crippen molar-refractivity contribution in [2.24, 2.45) is 0 Å². The number of carbonyl (C=O) groups is 1. The zero-order valence-corrected chi connectivity index (χ0v) is 10.8. The molecule has 1 aromatic rings. The molecule has 0 spiro atoms. The normalized spacial score (nSPS) is 20.5. The Kier molecular flexibility index (Phi) is 4.31. The van der Waals surface area contributed by atoms with Crippen molar-refractivity contribution in [2.75, 3.05) is 18.1 Å². The molecule has 1 unspecified atom stereocenters. The first-order valence-electron chi connectivity index (χ1n) is 5.96. The van der Waals surface area contributed by atoms with Crippen LogP contribution in [0.15, 0.2) is 29.2 Å². The van der Waals surface area contributed by atoms with Gasteiger partial charge in [-0.2, -0.15) is 0 Å². The third-order valence-electron chi connectivity index (χ3n) is 2.95. The van der Waals surface area contributed by atoms with Gasteiger partial charge in [-0.15, -0.1) is 11.8 Å². The number of thioether (sulfide) groups is 1. The van der Waals surface area contributed by atoms with Crippen molar-refractivity contribution in [3.8, 4) is 0 Å². The molecule has 92 valence electrons. The number of anilines is 1. The maximum absolute atomic E-state index is 11.5. The summed E-state index contributed by atoms with van der Waals surface area (Å²) < 4.78 is 0. The molecule has 1 heterocycles. The van der Waals surface area contributed by atoms with E-state index in [9.17, 15) is 4.79 Å². The van der Waals surface area contributed by atoms with E-state index < -0.39 is 0 Å². The number of benzene rings is 1. The Morgan fingerprint density at radius 1 is 1.41 bits per heavy atom. The second kappa shape index (κ2) is 5.96. The van der Waals surface area contributed by atoms with Gasteiger partial charge in [0.25, 0.3) is 0 Å².